The summed E-state index contributed by atoms with van der Waals surface area (Å²) >= 11 is 0. The molecule has 5 nitrogen and oxygen atoms in total. The second-order valence-electron chi connectivity index (χ2n) is 6.04. The minimum atomic E-state index is -0.605. The molecule has 108 valence electrons. The first-order chi connectivity index (χ1) is 8.93. The molecule has 0 bridgehead atoms. The van der Waals surface area contributed by atoms with Crippen LogP contribution in [0, 0.1) is 0 Å². The maximum atomic E-state index is 10.3. The Bertz CT molecular complexity index is 415. The summed E-state index contributed by atoms with van der Waals surface area (Å²) in [5.74, 6) is 0. The molecule has 2 heterocycles. The standard InChI is InChI=1S/C14H26N4O/c1-4-12(15)13(11-8-16-17(3)9-11)18-7-5-6-14(2,19)10-18/h8-9,12-13,19H,4-7,10,15H2,1-3H3. The summed E-state index contributed by atoms with van der Waals surface area (Å²) in [5.41, 5.74) is 6.86. The zero-order valence-corrected chi connectivity index (χ0v) is 12.2. The van der Waals surface area contributed by atoms with Gasteiger partial charge in [0.15, 0.2) is 0 Å². The van der Waals surface area contributed by atoms with Gasteiger partial charge in [-0.05, 0) is 32.7 Å². The van der Waals surface area contributed by atoms with Crippen molar-refractivity contribution in [2.24, 2.45) is 12.8 Å². The molecule has 0 spiro atoms. The highest BCUT2D eigenvalue weighted by Gasteiger charge is 2.35. The molecule has 1 aliphatic rings. The van der Waals surface area contributed by atoms with Crippen molar-refractivity contribution in [1.82, 2.24) is 14.7 Å². The molecule has 3 N–H and O–H groups in total. The number of aromatic nitrogens is 2. The quantitative estimate of drug-likeness (QED) is 0.854. The Morgan fingerprint density at radius 2 is 2.32 bits per heavy atom. The molecular formula is C14H26N4O. The number of likely N-dealkylation sites (tertiary alicyclic amines) is 1. The Labute approximate surface area is 115 Å². The van der Waals surface area contributed by atoms with Crippen molar-refractivity contribution in [1.29, 1.82) is 0 Å². The maximum absolute atomic E-state index is 10.3. The average Bonchev–Trinajstić information content (AvgIpc) is 2.74. The van der Waals surface area contributed by atoms with Crippen LogP contribution in [-0.4, -0.2) is 44.5 Å². The van der Waals surface area contributed by atoms with E-state index in [9.17, 15) is 5.11 Å². The topological polar surface area (TPSA) is 67.3 Å². The lowest BCUT2D eigenvalue weighted by Gasteiger charge is -2.42. The van der Waals surface area contributed by atoms with E-state index in [0.717, 1.165) is 31.4 Å². The van der Waals surface area contributed by atoms with Crippen LogP contribution >= 0.6 is 0 Å². The third-order valence-electron chi connectivity index (χ3n) is 4.04. The van der Waals surface area contributed by atoms with Crippen molar-refractivity contribution in [2.75, 3.05) is 13.1 Å². The van der Waals surface area contributed by atoms with Crippen LogP contribution in [0.5, 0.6) is 0 Å². The lowest BCUT2D eigenvalue weighted by molar-refractivity contribution is -0.0343. The molecule has 1 aromatic heterocycles. The van der Waals surface area contributed by atoms with E-state index in [-0.39, 0.29) is 12.1 Å². The summed E-state index contributed by atoms with van der Waals surface area (Å²) in [5, 5.41) is 14.6. The van der Waals surface area contributed by atoms with Crippen LogP contribution in [0.2, 0.25) is 0 Å². The van der Waals surface area contributed by atoms with Crippen molar-refractivity contribution >= 4 is 0 Å². The van der Waals surface area contributed by atoms with Gasteiger partial charge < -0.3 is 10.8 Å². The molecule has 5 heteroatoms. The van der Waals surface area contributed by atoms with Gasteiger partial charge in [0, 0.05) is 31.4 Å². The number of hydrogen-bond donors (Lipinski definition) is 2. The smallest absolute Gasteiger partial charge is 0.0746 e. The first-order valence-electron chi connectivity index (χ1n) is 7.13. The van der Waals surface area contributed by atoms with Gasteiger partial charge in [-0.25, -0.2) is 0 Å². The lowest BCUT2D eigenvalue weighted by Crippen LogP contribution is -2.51. The van der Waals surface area contributed by atoms with E-state index in [1.54, 1.807) is 0 Å². The molecule has 0 aliphatic carbocycles. The number of β-amino-alcohol motifs (C(OH)–C–C–N with tert-alkyl or cyclic N) is 1. The monoisotopic (exact) mass is 266 g/mol. The summed E-state index contributed by atoms with van der Waals surface area (Å²) in [6.07, 6.45) is 6.72. The predicted octanol–water partition coefficient (Wildman–Crippen LogP) is 1.05. The summed E-state index contributed by atoms with van der Waals surface area (Å²) in [7, 11) is 1.92. The molecule has 0 amide bonds. The zero-order valence-electron chi connectivity index (χ0n) is 12.2. The van der Waals surface area contributed by atoms with Gasteiger partial charge in [-0.2, -0.15) is 5.10 Å². The Kier molecular flexibility index (Phi) is 4.28. The van der Waals surface area contributed by atoms with Crippen molar-refractivity contribution in [3.63, 3.8) is 0 Å². The van der Waals surface area contributed by atoms with Gasteiger partial charge >= 0.3 is 0 Å². The van der Waals surface area contributed by atoms with Gasteiger partial charge in [-0.15, -0.1) is 0 Å². The van der Waals surface area contributed by atoms with E-state index in [4.69, 9.17) is 5.73 Å². The lowest BCUT2D eigenvalue weighted by atomic mass is 9.90. The fraction of sp³-hybridized carbons (Fsp3) is 0.786. The maximum Gasteiger partial charge on any atom is 0.0746 e. The van der Waals surface area contributed by atoms with Crippen LogP contribution in [0.3, 0.4) is 0 Å². The Morgan fingerprint density at radius 1 is 1.58 bits per heavy atom. The molecule has 1 aliphatic heterocycles. The average molecular weight is 266 g/mol. The highest BCUT2D eigenvalue weighted by molar-refractivity contribution is 5.14. The van der Waals surface area contributed by atoms with Crippen molar-refractivity contribution in [2.45, 2.75) is 50.8 Å². The van der Waals surface area contributed by atoms with Gasteiger partial charge in [0.2, 0.25) is 0 Å². The van der Waals surface area contributed by atoms with Gasteiger partial charge in [-0.1, -0.05) is 6.92 Å². The van der Waals surface area contributed by atoms with Crippen molar-refractivity contribution in [3.05, 3.63) is 18.0 Å². The summed E-state index contributed by atoms with van der Waals surface area (Å²) in [6, 6.07) is 0.212. The third-order valence-corrected chi connectivity index (χ3v) is 4.04. The van der Waals surface area contributed by atoms with Gasteiger partial charge in [-0.3, -0.25) is 9.58 Å². The molecular weight excluding hydrogens is 240 g/mol. The van der Waals surface area contributed by atoms with Crippen molar-refractivity contribution in [3.8, 4) is 0 Å². The second-order valence-corrected chi connectivity index (χ2v) is 6.04. The third kappa shape index (κ3) is 3.35. The molecule has 1 saturated heterocycles. The van der Waals surface area contributed by atoms with E-state index in [1.165, 1.54) is 0 Å². The fourth-order valence-corrected chi connectivity index (χ4v) is 3.04. The molecule has 3 atom stereocenters. The van der Waals surface area contributed by atoms with Crippen LogP contribution < -0.4 is 5.73 Å². The van der Waals surface area contributed by atoms with Crippen LogP contribution in [0.15, 0.2) is 12.4 Å². The van der Waals surface area contributed by atoms with E-state index in [1.807, 2.05) is 31.0 Å². The fourth-order valence-electron chi connectivity index (χ4n) is 3.04. The Hall–Kier alpha value is -0.910. The highest BCUT2D eigenvalue weighted by atomic mass is 16.3. The Morgan fingerprint density at radius 3 is 2.84 bits per heavy atom. The molecule has 1 aromatic rings. The number of hydrogen-bond acceptors (Lipinski definition) is 4. The number of nitrogens with zero attached hydrogens (tertiary/aromatic N) is 3. The first-order valence-corrected chi connectivity index (χ1v) is 7.13. The second kappa shape index (κ2) is 5.61. The number of piperidine rings is 1. The minimum Gasteiger partial charge on any atom is -0.389 e. The van der Waals surface area contributed by atoms with E-state index in [2.05, 4.69) is 16.9 Å². The highest BCUT2D eigenvalue weighted by Crippen LogP contribution is 2.31. The molecule has 3 unspecified atom stereocenters. The number of aryl methyl sites for hydroxylation is 1. The molecule has 1 fully saturated rings. The zero-order chi connectivity index (χ0) is 14.0. The Balaban J connectivity index is 2.22. The van der Waals surface area contributed by atoms with Crippen LogP contribution in [0.25, 0.3) is 0 Å². The van der Waals surface area contributed by atoms with Crippen molar-refractivity contribution < 1.29 is 5.11 Å². The molecule has 0 saturated carbocycles. The summed E-state index contributed by atoms with van der Waals surface area (Å²) < 4.78 is 1.81. The summed E-state index contributed by atoms with van der Waals surface area (Å²) in [4.78, 5) is 2.31. The number of nitrogens with two attached hydrogens (primary N) is 1. The largest absolute Gasteiger partial charge is 0.389 e. The van der Waals surface area contributed by atoms with Gasteiger partial charge in [0.05, 0.1) is 17.8 Å². The first kappa shape index (κ1) is 14.5. The normalized spacial score (nSPS) is 28.3. The van der Waals surface area contributed by atoms with Gasteiger partial charge in [0.1, 0.15) is 0 Å². The molecule has 0 aromatic carbocycles. The van der Waals surface area contributed by atoms with Gasteiger partial charge in [0.25, 0.3) is 0 Å². The summed E-state index contributed by atoms with van der Waals surface area (Å²) in [6.45, 7) is 5.69. The number of aliphatic hydroxyl groups is 1. The number of rotatable bonds is 4. The molecule has 0 radical (unpaired) electrons. The van der Waals surface area contributed by atoms with Crippen LogP contribution in [-0.2, 0) is 7.05 Å². The molecule has 19 heavy (non-hydrogen) atoms. The minimum absolute atomic E-state index is 0.0677. The van der Waals surface area contributed by atoms with Crippen LogP contribution in [0.4, 0.5) is 0 Å². The van der Waals surface area contributed by atoms with E-state index < -0.39 is 5.60 Å². The predicted molar refractivity (Wildman–Crippen MR) is 75.6 cm³/mol. The van der Waals surface area contributed by atoms with Crippen LogP contribution in [0.1, 0.15) is 44.7 Å². The SMILES string of the molecule is CCC(N)C(c1cnn(C)c1)N1CCCC(C)(O)C1. The molecule has 2 rings (SSSR count). The van der Waals surface area contributed by atoms with E-state index >= 15 is 0 Å². The van der Waals surface area contributed by atoms with E-state index in [0.29, 0.717) is 6.54 Å².